The van der Waals surface area contributed by atoms with E-state index in [9.17, 15) is 0 Å². The molecule has 1 saturated carbocycles. The molecule has 0 aromatic heterocycles. The van der Waals surface area contributed by atoms with Crippen LogP contribution in [0.4, 0.5) is 0 Å². The van der Waals surface area contributed by atoms with Gasteiger partial charge in [0.1, 0.15) is 0 Å². The van der Waals surface area contributed by atoms with Crippen molar-refractivity contribution in [2.45, 2.75) is 63.3 Å². The van der Waals surface area contributed by atoms with Gasteiger partial charge in [-0.15, -0.1) is 24.0 Å². The third-order valence-electron chi connectivity index (χ3n) is 5.68. The van der Waals surface area contributed by atoms with Crippen LogP contribution in [-0.2, 0) is 10.2 Å². The lowest BCUT2D eigenvalue weighted by Gasteiger charge is -2.37. The van der Waals surface area contributed by atoms with Gasteiger partial charge in [-0.05, 0) is 43.7 Å². The molecule has 1 aliphatic heterocycles. The molecule has 5 heteroatoms. The van der Waals surface area contributed by atoms with Crippen LogP contribution >= 0.6 is 24.0 Å². The molecule has 3 rings (SSSR count). The highest BCUT2D eigenvalue weighted by Gasteiger charge is 2.35. The molecule has 4 nitrogen and oxygen atoms in total. The van der Waals surface area contributed by atoms with Crippen LogP contribution in [0.1, 0.15) is 56.1 Å². The molecular weight excluding hydrogens is 425 g/mol. The van der Waals surface area contributed by atoms with E-state index in [-0.39, 0.29) is 29.4 Å². The van der Waals surface area contributed by atoms with E-state index >= 15 is 0 Å². The van der Waals surface area contributed by atoms with Crippen molar-refractivity contribution < 1.29 is 4.74 Å². The molecule has 1 heterocycles. The van der Waals surface area contributed by atoms with E-state index in [0.29, 0.717) is 12.0 Å². The average molecular weight is 457 g/mol. The maximum absolute atomic E-state index is 6.20. The summed E-state index contributed by atoms with van der Waals surface area (Å²) >= 11 is 0. The highest BCUT2D eigenvalue weighted by molar-refractivity contribution is 14.0. The van der Waals surface area contributed by atoms with Gasteiger partial charge < -0.3 is 15.8 Å². The van der Waals surface area contributed by atoms with E-state index in [1.54, 1.807) is 0 Å². The van der Waals surface area contributed by atoms with E-state index in [4.69, 9.17) is 15.5 Å². The van der Waals surface area contributed by atoms with Crippen LogP contribution in [-0.4, -0.2) is 31.8 Å². The lowest BCUT2D eigenvalue weighted by Crippen LogP contribution is -2.43. The van der Waals surface area contributed by atoms with Crippen molar-refractivity contribution >= 4 is 29.9 Å². The van der Waals surface area contributed by atoms with Gasteiger partial charge in [-0.2, -0.15) is 0 Å². The Bertz CT molecular complexity index is 564. The number of rotatable bonds is 4. The monoisotopic (exact) mass is 457 g/mol. The molecule has 0 amide bonds. The van der Waals surface area contributed by atoms with Crippen LogP contribution < -0.4 is 11.1 Å². The Morgan fingerprint density at radius 1 is 1.20 bits per heavy atom. The number of halogens is 1. The first kappa shape index (κ1) is 20.5. The normalized spacial score (nSPS) is 21.4. The van der Waals surface area contributed by atoms with Crippen LogP contribution in [0.25, 0.3) is 0 Å². The van der Waals surface area contributed by atoms with Crippen molar-refractivity contribution in [1.82, 2.24) is 5.32 Å². The molecule has 25 heavy (non-hydrogen) atoms. The van der Waals surface area contributed by atoms with Gasteiger partial charge in [0.2, 0.25) is 0 Å². The SMILES string of the molecule is Cc1ccccc1C1(CN=C(N)NC2CCCCC2)CCOCC1.I. The number of guanidine groups is 1. The van der Waals surface area contributed by atoms with E-state index in [1.165, 1.54) is 43.2 Å². The van der Waals surface area contributed by atoms with Gasteiger partial charge in [-0.3, -0.25) is 4.99 Å². The standard InChI is InChI=1S/C20H31N3O.HI/c1-16-7-5-6-10-18(16)20(11-13-24-14-12-20)15-22-19(21)23-17-8-3-2-4-9-17;/h5-7,10,17H,2-4,8-9,11-15H2,1H3,(H3,21,22,23);1H. The summed E-state index contributed by atoms with van der Waals surface area (Å²) in [6, 6.07) is 9.19. The number of nitrogens with one attached hydrogen (secondary N) is 1. The van der Waals surface area contributed by atoms with Gasteiger partial charge in [0.15, 0.2) is 5.96 Å². The van der Waals surface area contributed by atoms with Gasteiger partial charge in [0.25, 0.3) is 0 Å². The van der Waals surface area contributed by atoms with Crippen LogP contribution in [0.3, 0.4) is 0 Å². The lowest BCUT2D eigenvalue weighted by molar-refractivity contribution is 0.0529. The summed E-state index contributed by atoms with van der Waals surface area (Å²) in [4.78, 5) is 4.76. The number of hydrogen-bond donors (Lipinski definition) is 2. The van der Waals surface area contributed by atoms with Gasteiger partial charge in [0.05, 0.1) is 6.54 Å². The van der Waals surface area contributed by atoms with Gasteiger partial charge in [-0.1, -0.05) is 43.5 Å². The smallest absolute Gasteiger partial charge is 0.188 e. The van der Waals surface area contributed by atoms with Crippen LogP contribution in [0, 0.1) is 6.92 Å². The zero-order valence-corrected chi connectivity index (χ0v) is 17.6. The predicted molar refractivity (Wildman–Crippen MR) is 115 cm³/mol. The van der Waals surface area contributed by atoms with Crippen molar-refractivity contribution in [3.63, 3.8) is 0 Å². The first-order chi connectivity index (χ1) is 11.7. The Hall–Kier alpha value is -0.820. The van der Waals surface area contributed by atoms with E-state index in [0.717, 1.165) is 32.6 Å². The topological polar surface area (TPSA) is 59.6 Å². The molecular formula is C20H32IN3O. The second kappa shape index (κ2) is 9.76. The zero-order valence-electron chi connectivity index (χ0n) is 15.3. The van der Waals surface area contributed by atoms with E-state index in [2.05, 4.69) is 36.5 Å². The Kier molecular flexibility index (Phi) is 8.00. The minimum atomic E-state index is 0. The average Bonchev–Trinajstić information content (AvgIpc) is 2.62. The number of aryl methyl sites for hydroxylation is 1. The Morgan fingerprint density at radius 3 is 2.56 bits per heavy atom. The number of aliphatic imine (C=N–C) groups is 1. The highest BCUT2D eigenvalue weighted by atomic mass is 127. The van der Waals surface area contributed by atoms with Gasteiger partial charge in [-0.25, -0.2) is 0 Å². The van der Waals surface area contributed by atoms with E-state index in [1.807, 2.05) is 0 Å². The molecule has 1 aliphatic carbocycles. The maximum Gasteiger partial charge on any atom is 0.188 e. The third kappa shape index (κ3) is 5.33. The van der Waals surface area contributed by atoms with Crippen molar-refractivity contribution in [1.29, 1.82) is 0 Å². The van der Waals surface area contributed by atoms with E-state index < -0.39 is 0 Å². The second-order valence-electron chi connectivity index (χ2n) is 7.39. The molecule has 0 spiro atoms. The molecule has 0 bridgehead atoms. The Morgan fingerprint density at radius 2 is 1.88 bits per heavy atom. The molecule has 2 fully saturated rings. The van der Waals surface area contributed by atoms with Crippen LogP contribution in [0.2, 0.25) is 0 Å². The van der Waals surface area contributed by atoms with Gasteiger partial charge >= 0.3 is 0 Å². The van der Waals surface area contributed by atoms with Crippen molar-refractivity contribution in [3.05, 3.63) is 35.4 Å². The van der Waals surface area contributed by atoms with Crippen molar-refractivity contribution in [3.8, 4) is 0 Å². The fourth-order valence-electron chi connectivity index (χ4n) is 4.18. The largest absolute Gasteiger partial charge is 0.381 e. The third-order valence-corrected chi connectivity index (χ3v) is 5.68. The predicted octanol–water partition coefficient (Wildman–Crippen LogP) is 3.90. The minimum Gasteiger partial charge on any atom is -0.381 e. The van der Waals surface area contributed by atoms with Gasteiger partial charge in [0, 0.05) is 24.7 Å². The molecule has 140 valence electrons. The summed E-state index contributed by atoms with van der Waals surface area (Å²) < 4.78 is 5.62. The lowest BCUT2D eigenvalue weighted by atomic mass is 9.72. The Labute approximate surface area is 169 Å². The molecule has 3 N–H and O–H groups in total. The highest BCUT2D eigenvalue weighted by Crippen LogP contribution is 2.37. The molecule has 0 unspecified atom stereocenters. The molecule has 0 atom stereocenters. The molecule has 2 aliphatic rings. The molecule has 1 saturated heterocycles. The number of benzene rings is 1. The fourth-order valence-corrected chi connectivity index (χ4v) is 4.18. The summed E-state index contributed by atoms with van der Waals surface area (Å²) in [7, 11) is 0. The zero-order chi connectivity index (χ0) is 16.8. The number of nitrogens with zero attached hydrogens (tertiary/aromatic N) is 1. The summed E-state index contributed by atoms with van der Waals surface area (Å²) in [6.07, 6.45) is 8.41. The number of hydrogen-bond acceptors (Lipinski definition) is 2. The number of nitrogens with two attached hydrogens (primary N) is 1. The molecule has 0 radical (unpaired) electrons. The quantitative estimate of drug-likeness (QED) is 0.410. The summed E-state index contributed by atoms with van der Waals surface area (Å²) in [5.74, 6) is 0.612. The number of ether oxygens (including phenoxy) is 1. The second-order valence-corrected chi connectivity index (χ2v) is 7.39. The summed E-state index contributed by atoms with van der Waals surface area (Å²) in [6.45, 7) is 4.55. The van der Waals surface area contributed by atoms with Crippen LogP contribution in [0.5, 0.6) is 0 Å². The first-order valence-electron chi connectivity index (χ1n) is 9.40. The van der Waals surface area contributed by atoms with Crippen molar-refractivity contribution in [2.75, 3.05) is 19.8 Å². The minimum absolute atomic E-state index is 0. The fraction of sp³-hybridized carbons (Fsp3) is 0.650. The molecule has 1 aromatic carbocycles. The summed E-state index contributed by atoms with van der Waals surface area (Å²) in [5, 5.41) is 3.44. The first-order valence-corrected chi connectivity index (χ1v) is 9.40. The van der Waals surface area contributed by atoms with Crippen LogP contribution in [0.15, 0.2) is 29.3 Å². The maximum atomic E-state index is 6.20. The summed E-state index contributed by atoms with van der Waals surface area (Å²) in [5.41, 5.74) is 9.01. The Balaban J connectivity index is 0.00000225. The van der Waals surface area contributed by atoms with Crippen molar-refractivity contribution in [2.24, 2.45) is 10.7 Å². The molecule has 1 aromatic rings.